The second kappa shape index (κ2) is 7.17. The molecular formula is C29H24BNO3S. The van der Waals surface area contributed by atoms with Gasteiger partial charge in [0.1, 0.15) is 5.52 Å². The molecule has 0 radical (unpaired) electrons. The number of hydrogen-bond acceptors (Lipinski definition) is 5. The lowest BCUT2D eigenvalue weighted by molar-refractivity contribution is 0.00578. The molecule has 0 atom stereocenters. The lowest BCUT2D eigenvalue weighted by atomic mass is 9.77. The zero-order valence-corrected chi connectivity index (χ0v) is 20.9. The van der Waals surface area contributed by atoms with Crippen LogP contribution in [-0.2, 0) is 9.31 Å². The van der Waals surface area contributed by atoms with E-state index in [-0.39, 0.29) is 0 Å². The van der Waals surface area contributed by atoms with E-state index < -0.39 is 18.3 Å². The van der Waals surface area contributed by atoms with Crippen molar-refractivity contribution < 1.29 is 13.7 Å². The van der Waals surface area contributed by atoms with Crippen molar-refractivity contribution in [2.45, 2.75) is 38.9 Å². The molecule has 0 unspecified atom stereocenters. The molecule has 6 aromatic rings. The van der Waals surface area contributed by atoms with Crippen LogP contribution in [0.25, 0.3) is 53.5 Å². The van der Waals surface area contributed by atoms with E-state index in [1.54, 1.807) is 11.3 Å². The van der Waals surface area contributed by atoms with Gasteiger partial charge >= 0.3 is 7.12 Å². The van der Waals surface area contributed by atoms with Gasteiger partial charge < -0.3 is 13.7 Å². The van der Waals surface area contributed by atoms with Crippen molar-refractivity contribution in [1.29, 1.82) is 0 Å². The highest BCUT2D eigenvalue weighted by molar-refractivity contribution is 7.27. The zero-order chi connectivity index (χ0) is 23.9. The number of thiophene rings is 1. The topological polar surface area (TPSA) is 44.5 Å². The summed E-state index contributed by atoms with van der Waals surface area (Å²) in [5.41, 5.74) is 2.89. The molecule has 35 heavy (non-hydrogen) atoms. The third kappa shape index (κ3) is 3.04. The van der Waals surface area contributed by atoms with Crippen LogP contribution in [0.3, 0.4) is 0 Å². The molecule has 2 aromatic heterocycles. The Morgan fingerprint density at radius 3 is 2.29 bits per heavy atom. The second-order valence-electron chi connectivity index (χ2n) is 10.3. The third-order valence-electron chi connectivity index (χ3n) is 7.54. The molecule has 4 aromatic carbocycles. The van der Waals surface area contributed by atoms with Gasteiger partial charge in [0, 0.05) is 36.6 Å². The van der Waals surface area contributed by atoms with Crippen LogP contribution in [0, 0.1) is 0 Å². The van der Waals surface area contributed by atoms with Gasteiger partial charge in [-0.15, -0.1) is 11.3 Å². The number of oxazole rings is 1. The van der Waals surface area contributed by atoms with Gasteiger partial charge in [0.15, 0.2) is 5.58 Å². The van der Waals surface area contributed by atoms with Gasteiger partial charge in [-0.1, -0.05) is 48.5 Å². The summed E-state index contributed by atoms with van der Waals surface area (Å²) in [4.78, 5) is 4.83. The van der Waals surface area contributed by atoms with Crippen LogP contribution in [0.2, 0.25) is 0 Å². The van der Waals surface area contributed by atoms with E-state index in [9.17, 15) is 0 Å². The average molecular weight is 477 g/mol. The SMILES string of the molecule is CC1(C)OB(c2cc3ccc4nc(-c5ccccc5)oc4c3c3c2sc2ccccc23)OC1(C)C. The highest BCUT2D eigenvalue weighted by atomic mass is 32.1. The summed E-state index contributed by atoms with van der Waals surface area (Å²) >= 11 is 1.78. The standard InChI is InChI=1S/C29H24BNO3S/c1-28(2)29(3,4)34-30(33-28)20-16-18-14-15-21-25(32-27(31-21)17-10-6-5-7-11-17)23(18)24-19-12-8-9-13-22(19)35-26(20)24/h5-16H,1-4H3. The van der Waals surface area contributed by atoms with Crippen LogP contribution in [0.15, 0.2) is 77.2 Å². The quantitative estimate of drug-likeness (QED) is 0.245. The summed E-state index contributed by atoms with van der Waals surface area (Å²) in [6, 6.07) is 25.0. The third-order valence-corrected chi connectivity index (χ3v) is 8.76. The first-order valence-electron chi connectivity index (χ1n) is 11.9. The first-order valence-corrected chi connectivity index (χ1v) is 12.7. The Balaban J connectivity index is 1.57. The fourth-order valence-electron chi connectivity index (χ4n) is 4.96. The van der Waals surface area contributed by atoms with Gasteiger partial charge in [0.05, 0.1) is 11.2 Å². The minimum atomic E-state index is -0.440. The Kier molecular flexibility index (Phi) is 4.33. The Bertz CT molecular complexity index is 1750. The molecule has 0 spiro atoms. The molecule has 1 aliphatic heterocycles. The molecular weight excluding hydrogens is 453 g/mol. The summed E-state index contributed by atoms with van der Waals surface area (Å²) in [6.07, 6.45) is 0. The van der Waals surface area contributed by atoms with Crippen molar-refractivity contribution >= 4 is 66.0 Å². The van der Waals surface area contributed by atoms with E-state index in [0.29, 0.717) is 5.89 Å². The van der Waals surface area contributed by atoms with E-state index in [4.69, 9.17) is 18.7 Å². The number of benzene rings is 4. The molecule has 6 heteroatoms. The van der Waals surface area contributed by atoms with Gasteiger partial charge in [-0.05, 0) is 57.3 Å². The molecule has 0 amide bonds. The zero-order valence-electron chi connectivity index (χ0n) is 20.1. The maximum atomic E-state index is 6.50. The van der Waals surface area contributed by atoms with E-state index in [1.165, 1.54) is 20.2 Å². The molecule has 0 bridgehead atoms. The highest BCUT2D eigenvalue weighted by Gasteiger charge is 2.52. The molecule has 1 aliphatic rings. The lowest BCUT2D eigenvalue weighted by Gasteiger charge is -2.32. The van der Waals surface area contributed by atoms with E-state index in [0.717, 1.165) is 32.9 Å². The van der Waals surface area contributed by atoms with E-state index in [1.807, 2.05) is 36.4 Å². The van der Waals surface area contributed by atoms with Crippen LogP contribution in [0.5, 0.6) is 0 Å². The molecule has 0 aliphatic carbocycles. The molecule has 0 saturated carbocycles. The Morgan fingerprint density at radius 1 is 0.800 bits per heavy atom. The summed E-state index contributed by atoms with van der Waals surface area (Å²) in [7, 11) is -0.440. The smallest absolute Gasteiger partial charge is 0.435 e. The first kappa shape index (κ1) is 21.1. The number of nitrogens with zero attached hydrogens (tertiary/aromatic N) is 1. The number of fused-ring (bicyclic) bond motifs is 7. The predicted octanol–water partition coefficient (Wildman–Crippen LogP) is 7.32. The van der Waals surface area contributed by atoms with E-state index in [2.05, 4.69) is 64.1 Å². The van der Waals surface area contributed by atoms with Crippen molar-refractivity contribution in [2.75, 3.05) is 0 Å². The van der Waals surface area contributed by atoms with Crippen LogP contribution in [0.4, 0.5) is 0 Å². The van der Waals surface area contributed by atoms with Gasteiger partial charge in [0.25, 0.3) is 0 Å². The molecule has 7 rings (SSSR count). The fraction of sp³-hybridized carbons (Fsp3) is 0.207. The van der Waals surface area contributed by atoms with Crippen molar-refractivity contribution in [3.63, 3.8) is 0 Å². The Hall–Kier alpha value is -3.19. The largest absolute Gasteiger partial charge is 0.496 e. The Morgan fingerprint density at radius 2 is 1.51 bits per heavy atom. The molecule has 1 fully saturated rings. The van der Waals surface area contributed by atoms with Crippen LogP contribution < -0.4 is 5.46 Å². The second-order valence-corrected chi connectivity index (χ2v) is 11.3. The monoisotopic (exact) mass is 477 g/mol. The normalized spacial score (nSPS) is 17.3. The minimum Gasteiger partial charge on any atom is -0.435 e. The average Bonchev–Trinajstić information content (AvgIpc) is 3.50. The molecule has 4 nitrogen and oxygen atoms in total. The molecule has 172 valence electrons. The van der Waals surface area contributed by atoms with Crippen LogP contribution in [0.1, 0.15) is 27.7 Å². The van der Waals surface area contributed by atoms with Crippen molar-refractivity contribution in [3.05, 3.63) is 72.8 Å². The van der Waals surface area contributed by atoms with Gasteiger partial charge in [-0.25, -0.2) is 4.98 Å². The molecule has 0 N–H and O–H groups in total. The fourth-order valence-corrected chi connectivity index (χ4v) is 6.20. The first-order chi connectivity index (χ1) is 16.8. The number of rotatable bonds is 2. The maximum absolute atomic E-state index is 6.50. The van der Waals surface area contributed by atoms with Gasteiger partial charge in [-0.3, -0.25) is 0 Å². The van der Waals surface area contributed by atoms with Crippen molar-refractivity contribution in [3.8, 4) is 11.5 Å². The Labute approximate surface area is 207 Å². The molecule has 3 heterocycles. The highest BCUT2D eigenvalue weighted by Crippen LogP contribution is 2.43. The predicted molar refractivity (Wildman–Crippen MR) is 146 cm³/mol. The number of aromatic nitrogens is 1. The lowest BCUT2D eigenvalue weighted by Crippen LogP contribution is -2.41. The van der Waals surface area contributed by atoms with Crippen LogP contribution in [-0.4, -0.2) is 23.3 Å². The summed E-state index contributed by atoms with van der Waals surface area (Å²) < 4.78 is 21.9. The maximum Gasteiger partial charge on any atom is 0.496 e. The van der Waals surface area contributed by atoms with Gasteiger partial charge in [-0.2, -0.15) is 0 Å². The van der Waals surface area contributed by atoms with Crippen molar-refractivity contribution in [1.82, 2.24) is 4.98 Å². The summed E-state index contributed by atoms with van der Waals surface area (Å²) in [5, 5.41) is 4.56. The summed E-state index contributed by atoms with van der Waals surface area (Å²) in [6.45, 7) is 8.39. The van der Waals surface area contributed by atoms with Crippen LogP contribution >= 0.6 is 11.3 Å². The molecule has 1 saturated heterocycles. The minimum absolute atomic E-state index is 0.408. The van der Waals surface area contributed by atoms with Crippen molar-refractivity contribution in [2.24, 2.45) is 0 Å². The summed E-state index contributed by atoms with van der Waals surface area (Å²) in [5.74, 6) is 0.635. The number of hydrogen-bond donors (Lipinski definition) is 0. The van der Waals surface area contributed by atoms with E-state index >= 15 is 0 Å². The van der Waals surface area contributed by atoms with Gasteiger partial charge in [0.2, 0.25) is 5.89 Å².